The molecule has 0 amide bonds. The first-order valence-corrected chi connectivity index (χ1v) is 1.62. The van der Waals surface area contributed by atoms with E-state index in [1.165, 1.54) is 12.5 Å². The molecule has 0 aliphatic rings. The molecule has 0 atom stereocenters. The van der Waals surface area contributed by atoms with Crippen LogP contribution in [0.2, 0.25) is 0 Å². The van der Waals surface area contributed by atoms with Crippen LogP contribution in [0.1, 0.15) is 0 Å². The van der Waals surface area contributed by atoms with E-state index in [-0.39, 0.29) is 17.0 Å². The van der Waals surface area contributed by atoms with Crippen molar-refractivity contribution in [3.8, 4) is 0 Å². The maximum atomic E-state index is 4.48. The molecule has 0 aromatic carbocycles. The zero-order chi connectivity index (χ0) is 4.83. The molecule has 2 nitrogen and oxygen atoms in total. The SMILES string of the molecule is Br.COC=COC. The molecule has 0 spiro atoms. The van der Waals surface area contributed by atoms with Gasteiger partial charge in [0.25, 0.3) is 0 Å². The second-order valence-corrected chi connectivity index (χ2v) is 0.744. The van der Waals surface area contributed by atoms with Gasteiger partial charge in [-0.15, -0.1) is 17.0 Å². The van der Waals surface area contributed by atoms with Gasteiger partial charge < -0.3 is 9.47 Å². The summed E-state index contributed by atoms with van der Waals surface area (Å²) in [6.45, 7) is 0. The Morgan fingerprint density at radius 1 is 1.00 bits per heavy atom. The van der Waals surface area contributed by atoms with Crippen molar-refractivity contribution in [3.05, 3.63) is 12.5 Å². The van der Waals surface area contributed by atoms with Crippen LogP contribution in [-0.4, -0.2) is 14.2 Å². The third-order valence-electron chi connectivity index (χ3n) is 0.328. The molecule has 0 fully saturated rings. The van der Waals surface area contributed by atoms with Crippen LogP contribution in [0, 0.1) is 0 Å². The molecule has 0 heterocycles. The van der Waals surface area contributed by atoms with Gasteiger partial charge >= 0.3 is 0 Å². The summed E-state index contributed by atoms with van der Waals surface area (Å²) in [5, 5.41) is 0. The monoisotopic (exact) mass is 168 g/mol. The molecule has 0 aliphatic carbocycles. The number of halogens is 1. The Morgan fingerprint density at radius 3 is 1.43 bits per heavy atom. The van der Waals surface area contributed by atoms with E-state index >= 15 is 0 Å². The molecule has 0 radical (unpaired) electrons. The van der Waals surface area contributed by atoms with E-state index in [4.69, 9.17) is 0 Å². The molecular formula is C4H9BrO2. The normalized spacial score (nSPS) is 7.71. The molecule has 0 saturated heterocycles. The maximum absolute atomic E-state index is 4.48. The van der Waals surface area contributed by atoms with Gasteiger partial charge in [0.2, 0.25) is 0 Å². The molecule has 0 unspecified atom stereocenters. The zero-order valence-corrected chi connectivity index (χ0v) is 6.09. The summed E-state index contributed by atoms with van der Waals surface area (Å²) in [7, 11) is 3.13. The molecule has 0 N–H and O–H groups in total. The fraction of sp³-hybridized carbons (Fsp3) is 0.500. The first-order chi connectivity index (χ1) is 2.91. The van der Waals surface area contributed by atoms with Crippen LogP contribution in [-0.2, 0) is 9.47 Å². The van der Waals surface area contributed by atoms with Crippen molar-refractivity contribution in [1.82, 2.24) is 0 Å². The van der Waals surface area contributed by atoms with E-state index in [1.54, 1.807) is 14.2 Å². The fourth-order valence-electron chi connectivity index (χ4n) is 0.111. The lowest BCUT2D eigenvalue weighted by Gasteiger charge is -1.83. The van der Waals surface area contributed by atoms with Crippen molar-refractivity contribution < 1.29 is 9.47 Å². The lowest BCUT2D eigenvalue weighted by Crippen LogP contribution is -1.66. The molecule has 0 saturated carbocycles. The first kappa shape index (κ1) is 9.94. The Balaban J connectivity index is 0. The lowest BCUT2D eigenvalue weighted by molar-refractivity contribution is 0.284. The van der Waals surface area contributed by atoms with Crippen LogP contribution >= 0.6 is 17.0 Å². The van der Waals surface area contributed by atoms with Gasteiger partial charge in [-0.1, -0.05) is 0 Å². The highest BCUT2D eigenvalue weighted by molar-refractivity contribution is 8.93. The van der Waals surface area contributed by atoms with Gasteiger partial charge in [0.1, 0.15) is 12.5 Å². The highest BCUT2D eigenvalue weighted by Gasteiger charge is 1.55. The Kier molecular flexibility index (Phi) is 13.2. The van der Waals surface area contributed by atoms with Gasteiger partial charge in [0, 0.05) is 0 Å². The van der Waals surface area contributed by atoms with Gasteiger partial charge in [-0.25, -0.2) is 0 Å². The third-order valence-corrected chi connectivity index (χ3v) is 0.328. The number of rotatable bonds is 2. The predicted molar refractivity (Wildman–Crippen MR) is 33.5 cm³/mol. The minimum Gasteiger partial charge on any atom is -0.501 e. The first-order valence-electron chi connectivity index (χ1n) is 1.62. The fourth-order valence-corrected chi connectivity index (χ4v) is 0.111. The number of methoxy groups -OCH3 is 2. The highest BCUT2D eigenvalue weighted by atomic mass is 79.9. The Labute approximate surface area is 53.9 Å². The molecule has 0 aromatic rings. The Hall–Kier alpha value is -0.180. The molecule has 7 heavy (non-hydrogen) atoms. The van der Waals surface area contributed by atoms with Crippen LogP contribution in [0.4, 0.5) is 0 Å². The summed E-state index contributed by atoms with van der Waals surface area (Å²) >= 11 is 0. The smallest absolute Gasteiger partial charge is 0.117 e. The molecule has 44 valence electrons. The second-order valence-electron chi connectivity index (χ2n) is 0.744. The van der Waals surface area contributed by atoms with E-state index in [2.05, 4.69) is 9.47 Å². The summed E-state index contributed by atoms with van der Waals surface area (Å²) in [5.74, 6) is 0. The average molecular weight is 169 g/mol. The molecule has 0 rings (SSSR count). The maximum Gasteiger partial charge on any atom is 0.117 e. The largest absolute Gasteiger partial charge is 0.501 e. The van der Waals surface area contributed by atoms with E-state index in [0.717, 1.165) is 0 Å². The van der Waals surface area contributed by atoms with Gasteiger partial charge in [0.05, 0.1) is 14.2 Å². The van der Waals surface area contributed by atoms with Crippen LogP contribution in [0.5, 0.6) is 0 Å². The van der Waals surface area contributed by atoms with E-state index in [9.17, 15) is 0 Å². The van der Waals surface area contributed by atoms with Crippen LogP contribution < -0.4 is 0 Å². The van der Waals surface area contributed by atoms with Crippen molar-refractivity contribution in [1.29, 1.82) is 0 Å². The zero-order valence-electron chi connectivity index (χ0n) is 4.38. The minimum atomic E-state index is 0. The lowest BCUT2D eigenvalue weighted by atomic mass is 11.0. The third kappa shape index (κ3) is 10.7. The number of hydrogen-bond acceptors (Lipinski definition) is 2. The summed E-state index contributed by atoms with van der Waals surface area (Å²) < 4.78 is 8.95. The summed E-state index contributed by atoms with van der Waals surface area (Å²) in [4.78, 5) is 0. The molecule has 0 bridgehead atoms. The summed E-state index contributed by atoms with van der Waals surface area (Å²) in [6.07, 6.45) is 2.92. The van der Waals surface area contributed by atoms with Crippen molar-refractivity contribution in [2.24, 2.45) is 0 Å². The van der Waals surface area contributed by atoms with Crippen LogP contribution in [0.3, 0.4) is 0 Å². The Bertz CT molecular complexity index is 39.0. The standard InChI is InChI=1S/C4H8O2.BrH/c1-5-3-4-6-2;/h3-4H,1-2H3;1H. The molecular weight excluding hydrogens is 160 g/mol. The van der Waals surface area contributed by atoms with Crippen molar-refractivity contribution in [3.63, 3.8) is 0 Å². The quantitative estimate of drug-likeness (QED) is 0.580. The van der Waals surface area contributed by atoms with Crippen molar-refractivity contribution >= 4 is 17.0 Å². The van der Waals surface area contributed by atoms with Gasteiger partial charge in [-0.3, -0.25) is 0 Å². The van der Waals surface area contributed by atoms with Crippen LogP contribution in [0.25, 0.3) is 0 Å². The molecule has 0 aromatic heterocycles. The van der Waals surface area contributed by atoms with E-state index in [1.807, 2.05) is 0 Å². The van der Waals surface area contributed by atoms with Crippen molar-refractivity contribution in [2.75, 3.05) is 14.2 Å². The number of hydrogen-bond donors (Lipinski definition) is 0. The topological polar surface area (TPSA) is 18.5 Å². The van der Waals surface area contributed by atoms with Gasteiger partial charge in [-0.05, 0) is 0 Å². The molecule has 0 aliphatic heterocycles. The summed E-state index contributed by atoms with van der Waals surface area (Å²) in [6, 6.07) is 0. The van der Waals surface area contributed by atoms with E-state index < -0.39 is 0 Å². The average Bonchev–Trinajstić information content (AvgIpc) is 1.61. The predicted octanol–water partition coefficient (Wildman–Crippen LogP) is 1.33. The second kappa shape index (κ2) is 9.27. The van der Waals surface area contributed by atoms with Gasteiger partial charge in [0.15, 0.2) is 0 Å². The van der Waals surface area contributed by atoms with Crippen LogP contribution in [0.15, 0.2) is 12.5 Å². The van der Waals surface area contributed by atoms with E-state index in [0.29, 0.717) is 0 Å². The highest BCUT2D eigenvalue weighted by Crippen LogP contribution is 1.68. The van der Waals surface area contributed by atoms with Gasteiger partial charge in [-0.2, -0.15) is 0 Å². The minimum absolute atomic E-state index is 0. The number of ether oxygens (including phenoxy) is 2. The van der Waals surface area contributed by atoms with Crippen molar-refractivity contribution in [2.45, 2.75) is 0 Å². The molecule has 3 heteroatoms. The summed E-state index contributed by atoms with van der Waals surface area (Å²) in [5.41, 5.74) is 0. The Morgan fingerprint density at radius 2 is 1.29 bits per heavy atom.